The lowest BCUT2D eigenvalue weighted by molar-refractivity contribution is 0.360. The van der Waals surface area contributed by atoms with E-state index in [1.165, 1.54) is 0 Å². The summed E-state index contributed by atoms with van der Waals surface area (Å²) in [5.74, 6) is 2.87. The van der Waals surface area contributed by atoms with Crippen LogP contribution in [0.5, 0.6) is 23.0 Å². The third-order valence-corrected chi connectivity index (χ3v) is 4.17. The zero-order chi connectivity index (χ0) is 15.9. The van der Waals surface area contributed by atoms with Crippen molar-refractivity contribution in [1.82, 2.24) is 4.98 Å². The van der Waals surface area contributed by atoms with Crippen LogP contribution in [-0.2, 0) is 0 Å². The number of nitrogens with zero attached hydrogens (tertiary/aromatic N) is 1. The molecule has 5 rings (SSSR count). The molecule has 114 valence electrons. The Morgan fingerprint density at radius 3 is 2.21 bits per heavy atom. The fraction of sp³-hybridized carbons (Fsp3) is 0. The quantitative estimate of drug-likeness (QED) is 0.392. The van der Waals surface area contributed by atoms with Crippen LogP contribution in [0.15, 0.2) is 79.0 Å². The van der Waals surface area contributed by atoms with Gasteiger partial charge in [0.1, 0.15) is 0 Å². The van der Waals surface area contributed by atoms with Crippen LogP contribution in [-0.4, -0.2) is 4.98 Å². The first-order valence-electron chi connectivity index (χ1n) is 7.81. The molecule has 0 unspecified atom stereocenters. The lowest BCUT2D eigenvalue weighted by Crippen LogP contribution is -2.00. The molecule has 1 aliphatic rings. The fourth-order valence-electron chi connectivity index (χ4n) is 2.98. The van der Waals surface area contributed by atoms with Crippen LogP contribution in [0.2, 0.25) is 0 Å². The van der Waals surface area contributed by atoms with E-state index in [4.69, 9.17) is 9.47 Å². The van der Waals surface area contributed by atoms with Crippen molar-refractivity contribution in [1.29, 1.82) is 0 Å². The van der Waals surface area contributed by atoms with Crippen LogP contribution < -0.4 is 9.47 Å². The maximum Gasteiger partial charge on any atom is 0.179 e. The molecule has 3 heteroatoms. The number of rotatable bonds is 1. The van der Waals surface area contributed by atoms with E-state index in [0.717, 1.165) is 33.5 Å². The molecule has 3 nitrogen and oxygen atoms in total. The maximum atomic E-state index is 6.11. The second-order valence-electron chi connectivity index (χ2n) is 5.70. The van der Waals surface area contributed by atoms with Gasteiger partial charge in [0.15, 0.2) is 23.0 Å². The number of benzene rings is 3. The van der Waals surface area contributed by atoms with E-state index < -0.39 is 0 Å². The van der Waals surface area contributed by atoms with Gasteiger partial charge in [-0.3, -0.25) is 4.98 Å². The summed E-state index contributed by atoms with van der Waals surface area (Å²) in [6.45, 7) is 0. The topological polar surface area (TPSA) is 31.4 Å². The predicted molar refractivity (Wildman–Crippen MR) is 93.8 cm³/mol. The normalized spacial score (nSPS) is 12.0. The highest BCUT2D eigenvalue weighted by molar-refractivity contribution is 5.86. The summed E-state index contributed by atoms with van der Waals surface area (Å²) < 4.78 is 12.1. The standard InChI is InChI=1S/C21H13NO2/c1-2-7-15-13-22-17(12-14(15)6-1)16-8-5-11-20-21(16)24-19-10-4-3-9-18(19)23-20/h1-13H. The van der Waals surface area contributed by atoms with Crippen molar-refractivity contribution in [3.05, 3.63) is 79.0 Å². The molecule has 0 spiro atoms. The number of hydrogen-bond acceptors (Lipinski definition) is 3. The van der Waals surface area contributed by atoms with Gasteiger partial charge in [0.05, 0.1) is 5.69 Å². The minimum Gasteiger partial charge on any atom is -0.449 e. The summed E-state index contributed by atoms with van der Waals surface area (Å²) >= 11 is 0. The van der Waals surface area contributed by atoms with Crippen LogP contribution in [0.3, 0.4) is 0 Å². The summed E-state index contributed by atoms with van der Waals surface area (Å²) in [5.41, 5.74) is 1.79. The molecule has 0 bridgehead atoms. The molecule has 24 heavy (non-hydrogen) atoms. The molecule has 1 aliphatic heterocycles. The van der Waals surface area contributed by atoms with Gasteiger partial charge in [-0.1, -0.05) is 42.5 Å². The minimum atomic E-state index is 0.707. The number of hydrogen-bond donors (Lipinski definition) is 0. The largest absolute Gasteiger partial charge is 0.449 e. The molecular formula is C21H13NO2. The lowest BCUT2D eigenvalue weighted by Gasteiger charge is -2.22. The number of pyridine rings is 1. The van der Waals surface area contributed by atoms with E-state index in [1.807, 2.05) is 60.8 Å². The number of fused-ring (bicyclic) bond motifs is 3. The van der Waals surface area contributed by atoms with Gasteiger partial charge >= 0.3 is 0 Å². The van der Waals surface area contributed by atoms with Crippen LogP contribution in [0, 0.1) is 0 Å². The van der Waals surface area contributed by atoms with Crippen LogP contribution in [0.4, 0.5) is 0 Å². The average molecular weight is 311 g/mol. The Morgan fingerprint density at radius 1 is 0.625 bits per heavy atom. The Hall–Kier alpha value is -3.33. The Kier molecular flexibility index (Phi) is 2.79. The van der Waals surface area contributed by atoms with Gasteiger partial charge in [0.2, 0.25) is 0 Å². The zero-order valence-corrected chi connectivity index (χ0v) is 12.8. The van der Waals surface area contributed by atoms with Crippen molar-refractivity contribution in [2.75, 3.05) is 0 Å². The van der Waals surface area contributed by atoms with Crippen molar-refractivity contribution >= 4 is 10.8 Å². The number of ether oxygens (including phenoxy) is 2. The monoisotopic (exact) mass is 311 g/mol. The lowest BCUT2D eigenvalue weighted by atomic mass is 10.1. The van der Waals surface area contributed by atoms with Crippen LogP contribution in [0.25, 0.3) is 22.0 Å². The molecule has 4 aromatic rings. The summed E-state index contributed by atoms with van der Waals surface area (Å²) in [6.07, 6.45) is 1.89. The first kappa shape index (κ1) is 13.1. The Bertz CT molecular complexity index is 1070. The molecule has 0 aliphatic carbocycles. The Balaban J connectivity index is 1.67. The third kappa shape index (κ3) is 2.02. The van der Waals surface area contributed by atoms with Crippen LogP contribution in [0.1, 0.15) is 0 Å². The van der Waals surface area contributed by atoms with Gasteiger partial charge < -0.3 is 9.47 Å². The van der Waals surface area contributed by atoms with Gasteiger partial charge in [-0.25, -0.2) is 0 Å². The van der Waals surface area contributed by atoms with E-state index >= 15 is 0 Å². The minimum absolute atomic E-state index is 0.707. The van der Waals surface area contributed by atoms with E-state index in [-0.39, 0.29) is 0 Å². The van der Waals surface area contributed by atoms with E-state index in [1.54, 1.807) is 0 Å². The molecule has 3 aromatic carbocycles. The van der Waals surface area contributed by atoms with Gasteiger partial charge in [0, 0.05) is 17.1 Å². The van der Waals surface area contributed by atoms with Crippen molar-refractivity contribution in [2.24, 2.45) is 0 Å². The maximum absolute atomic E-state index is 6.11. The number of aromatic nitrogens is 1. The van der Waals surface area contributed by atoms with Crippen molar-refractivity contribution in [3.8, 4) is 34.3 Å². The second-order valence-corrected chi connectivity index (χ2v) is 5.70. The molecule has 0 fully saturated rings. The molecular weight excluding hydrogens is 298 g/mol. The van der Waals surface area contributed by atoms with E-state index in [2.05, 4.69) is 23.2 Å². The molecule has 0 saturated carbocycles. The fourth-order valence-corrected chi connectivity index (χ4v) is 2.98. The summed E-state index contributed by atoms with van der Waals surface area (Å²) in [5, 5.41) is 2.27. The predicted octanol–water partition coefficient (Wildman–Crippen LogP) is 5.80. The first-order valence-corrected chi connectivity index (χ1v) is 7.81. The van der Waals surface area contributed by atoms with E-state index in [0.29, 0.717) is 11.5 Å². The highest BCUT2D eigenvalue weighted by Gasteiger charge is 2.22. The molecule has 0 N–H and O–H groups in total. The number of para-hydroxylation sites is 3. The Morgan fingerprint density at radius 2 is 1.33 bits per heavy atom. The van der Waals surface area contributed by atoms with Gasteiger partial charge in [-0.15, -0.1) is 0 Å². The molecule has 0 radical (unpaired) electrons. The summed E-state index contributed by atoms with van der Waals surface area (Å²) in [6, 6.07) is 23.8. The summed E-state index contributed by atoms with van der Waals surface area (Å²) in [7, 11) is 0. The first-order chi connectivity index (χ1) is 11.9. The van der Waals surface area contributed by atoms with Crippen molar-refractivity contribution in [3.63, 3.8) is 0 Å². The zero-order valence-electron chi connectivity index (χ0n) is 12.8. The smallest absolute Gasteiger partial charge is 0.179 e. The second kappa shape index (κ2) is 5.10. The van der Waals surface area contributed by atoms with Crippen LogP contribution >= 0.6 is 0 Å². The molecule has 2 heterocycles. The molecule has 0 atom stereocenters. The average Bonchev–Trinajstić information content (AvgIpc) is 2.65. The molecule has 0 saturated heterocycles. The third-order valence-electron chi connectivity index (χ3n) is 4.17. The van der Waals surface area contributed by atoms with Crippen molar-refractivity contribution in [2.45, 2.75) is 0 Å². The molecule has 1 aromatic heterocycles. The van der Waals surface area contributed by atoms with Gasteiger partial charge in [-0.2, -0.15) is 0 Å². The van der Waals surface area contributed by atoms with Gasteiger partial charge in [-0.05, 0) is 35.7 Å². The summed E-state index contributed by atoms with van der Waals surface area (Å²) in [4.78, 5) is 4.61. The highest BCUT2D eigenvalue weighted by Crippen LogP contribution is 2.49. The SMILES string of the molecule is c1ccc2c(c1)Oc1cccc(-c3cc4ccccc4cn3)c1O2. The van der Waals surface area contributed by atoms with Crippen molar-refractivity contribution < 1.29 is 9.47 Å². The molecule has 0 amide bonds. The highest BCUT2D eigenvalue weighted by atomic mass is 16.6. The Labute approximate surface area is 139 Å². The van der Waals surface area contributed by atoms with Gasteiger partial charge in [0.25, 0.3) is 0 Å². The van der Waals surface area contributed by atoms with E-state index in [9.17, 15) is 0 Å².